The molecular weight excluding hydrogens is 426 g/mol. The summed E-state index contributed by atoms with van der Waals surface area (Å²) in [5, 5.41) is 17.8. The number of carboxylic acid groups (broad SMARTS) is 2. The summed E-state index contributed by atoms with van der Waals surface area (Å²) in [7, 11) is -4.07. The number of aromatic carboxylic acids is 1. The van der Waals surface area contributed by atoms with E-state index in [0.29, 0.717) is 5.69 Å². The van der Waals surface area contributed by atoms with Crippen molar-refractivity contribution in [3.63, 3.8) is 0 Å². The maximum atomic E-state index is 12.5. The van der Waals surface area contributed by atoms with Crippen LogP contribution >= 0.6 is 11.6 Å². The number of aromatic nitrogens is 1. The van der Waals surface area contributed by atoms with E-state index < -0.39 is 27.9 Å². The molecule has 1 saturated heterocycles. The number of nitrogens with zero attached hydrogens (tertiary/aromatic N) is 2. The standard InChI is InChI=1S/C17H14ClN3O7S/c18-15-13(17(25)26)6-10(7-19-15)20-29(27,28)12-3-1-11(2-4-12)21-8-9(16(23)24)5-14(21)22/h1-4,6-7,9,20H,5,8H2,(H,23,24)(H,25,26). The van der Waals surface area contributed by atoms with Crippen LogP contribution in [0.5, 0.6) is 0 Å². The van der Waals surface area contributed by atoms with E-state index in [-0.39, 0.29) is 40.2 Å². The van der Waals surface area contributed by atoms with Gasteiger partial charge in [-0.25, -0.2) is 18.2 Å². The molecule has 29 heavy (non-hydrogen) atoms. The summed E-state index contributed by atoms with van der Waals surface area (Å²) in [6.07, 6.45) is 0.960. The lowest BCUT2D eigenvalue weighted by Crippen LogP contribution is -2.25. The number of carbonyl (C=O) groups is 3. The second kappa shape index (κ2) is 7.68. The van der Waals surface area contributed by atoms with Crippen molar-refractivity contribution in [1.82, 2.24) is 4.98 Å². The fraction of sp³-hybridized carbons (Fsp3) is 0.176. The van der Waals surface area contributed by atoms with Crippen LogP contribution in [0.2, 0.25) is 5.15 Å². The number of hydrogen-bond donors (Lipinski definition) is 3. The molecule has 1 aromatic heterocycles. The number of halogens is 1. The maximum absolute atomic E-state index is 12.5. The van der Waals surface area contributed by atoms with Crippen LogP contribution in [0.15, 0.2) is 41.4 Å². The molecule has 12 heteroatoms. The Morgan fingerprint density at radius 3 is 2.41 bits per heavy atom. The molecule has 1 amide bonds. The number of sulfonamides is 1. The zero-order valence-electron chi connectivity index (χ0n) is 14.6. The number of anilines is 2. The fourth-order valence-corrected chi connectivity index (χ4v) is 4.01. The molecule has 2 heterocycles. The smallest absolute Gasteiger partial charge is 0.338 e. The predicted octanol–water partition coefficient (Wildman–Crippen LogP) is 1.67. The predicted molar refractivity (Wildman–Crippen MR) is 102 cm³/mol. The first kappa shape index (κ1) is 20.6. The summed E-state index contributed by atoms with van der Waals surface area (Å²) >= 11 is 5.66. The molecule has 0 saturated carbocycles. The Bertz CT molecular complexity index is 1100. The highest BCUT2D eigenvalue weighted by molar-refractivity contribution is 7.92. The minimum atomic E-state index is -4.07. The van der Waals surface area contributed by atoms with Crippen LogP contribution in [-0.4, -0.2) is 48.0 Å². The van der Waals surface area contributed by atoms with Crippen molar-refractivity contribution in [3.05, 3.63) is 47.2 Å². The van der Waals surface area contributed by atoms with Gasteiger partial charge >= 0.3 is 11.9 Å². The van der Waals surface area contributed by atoms with E-state index in [9.17, 15) is 22.8 Å². The Balaban J connectivity index is 1.80. The number of carboxylic acids is 2. The lowest BCUT2D eigenvalue weighted by atomic mass is 10.1. The largest absolute Gasteiger partial charge is 0.481 e. The molecule has 10 nitrogen and oxygen atoms in total. The highest BCUT2D eigenvalue weighted by atomic mass is 35.5. The Kier molecular flexibility index (Phi) is 5.44. The Morgan fingerprint density at radius 1 is 1.21 bits per heavy atom. The summed E-state index contributed by atoms with van der Waals surface area (Å²) in [5.41, 5.74) is -0.0725. The number of aliphatic carboxylic acids is 1. The first-order valence-electron chi connectivity index (χ1n) is 8.13. The molecule has 1 fully saturated rings. The van der Waals surface area contributed by atoms with Crippen molar-refractivity contribution in [2.45, 2.75) is 11.3 Å². The molecule has 1 unspecified atom stereocenters. The Morgan fingerprint density at radius 2 is 1.86 bits per heavy atom. The molecule has 3 rings (SSSR count). The van der Waals surface area contributed by atoms with E-state index in [1.54, 1.807) is 0 Å². The average molecular weight is 440 g/mol. The van der Waals surface area contributed by atoms with Gasteiger partial charge in [-0.1, -0.05) is 11.6 Å². The van der Waals surface area contributed by atoms with Gasteiger partial charge < -0.3 is 15.1 Å². The van der Waals surface area contributed by atoms with Crippen LogP contribution in [0.4, 0.5) is 11.4 Å². The Hall–Kier alpha value is -3.18. The second-order valence-electron chi connectivity index (χ2n) is 6.21. The Labute approximate surface area is 169 Å². The topological polar surface area (TPSA) is 154 Å². The van der Waals surface area contributed by atoms with Gasteiger partial charge in [0.05, 0.1) is 28.3 Å². The monoisotopic (exact) mass is 439 g/mol. The van der Waals surface area contributed by atoms with E-state index in [4.69, 9.17) is 21.8 Å². The van der Waals surface area contributed by atoms with Crippen LogP contribution in [0.25, 0.3) is 0 Å². The molecule has 1 aromatic carbocycles. The fourth-order valence-electron chi connectivity index (χ4n) is 2.80. The summed E-state index contributed by atoms with van der Waals surface area (Å²) in [6.45, 7) is 0.00687. The molecular formula is C17H14ClN3O7S. The number of hydrogen-bond acceptors (Lipinski definition) is 6. The van der Waals surface area contributed by atoms with Crippen molar-refractivity contribution in [2.24, 2.45) is 5.92 Å². The van der Waals surface area contributed by atoms with Gasteiger partial charge in [-0.05, 0) is 30.3 Å². The number of rotatable bonds is 6. The number of nitrogens with one attached hydrogen (secondary N) is 1. The summed E-state index contributed by atoms with van der Waals surface area (Å²) in [6, 6.07) is 6.32. The minimum absolute atomic E-state index is 0.00687. The van der Waals surface area contributed by atoms with Crippen LogP contribution in [0, 0.1) is 5.92 Å². The van der Waals surface area contributed by atoms with Gasteiger partial charge in [0.25, 0.3) is 10.0 Å². The van der Waals surface area contributed by atoms with Crippen LogP contribution in [-0.2, 0) is 19.6 Å². The zero-order chi connectivity index (χ0) is 21.3. The lowest BCUT2D eigenvalue weighted by Gasteiger charge is -2.16. The molecule has 0 aliphatic carbocycles. The van der Waals surface area contributed by atoms with Gasteiger partial charge in [0.2, 0.25) is 5.91 Å². The normalized spacial score (nSPS) is 16.7. The van der Waals surface area contributed by atoms with Crippen molar-refractivity contribution in [3.8, 4) is 0 Å². The quantitative estimate of drug-likeness (QED) is 0.574. The van der Waals surface area contributed by atoms with E-state index in [1.807, 2.05) is 0 Å². The summed E-state index contributed by atoms with van der Waals surface area (Å²) in [4.78, 5) is 38.9. The lowest BCUT2D eigenvalue weighted by molar-refractivity contribution is -0.141. The molecule has 152 valence electrons. The third kappa shape index (κ3) is 4.30. The number of pyridine rings is 1. The maximum Gasteiger partial charge on any atom is 0.338 e. The number of amides is 1. The van der Waals surface area contributed by atoms with E-state index in [2.05, 4.69) is 9.71 Å². The van der Waals surface area contributed by atoms with Gasteiger partial charge in [0, 0.05) is 18.7 Å². The molecule has 0 spiro atoms. The molecule has 2 aromatic rings. The van der Waals surface area contributed by atoms with Crippen molar-refractivity contribution in [1.29, 1.82) is 0 Å². The molecule has 1 aliphatic heterocycles. The van der Waals surface area contributed by atoms with Crippen molar-refractivity contribution >= 4 is 50.8 Å². The van der Waals surface area contributed by atoms with Gasteiger partial charge in [0.15, 0.2) is 0 Å². The summed E-state index contributed by atoms with van der Waals surface area (Å²) < 4.78 is 27.3. The zero-order valence-corrected chi connectivity index (χ0v) is 16.1. The van der Waals surface area contributed by atoms with Gasteiger partial charge in [-0.3, -0.25) is 14.3 Å². The van der Waals surface area contributed by atoms with Gasteiger partial charge in [0.1, 0.15) is 5.15 Å². The third-order valence-electron chi connectivity index (χ3n) is 4.25. The first-order chi connectivity index (χ1) is 13.6. The van der Waals surface area contributed by atoms with Crippen molar-refractivity contribution < 1.29 is 33.0 Å². The van der Waals surface area contributed by atoms with Crippen LogP contribution in [0.3, 0.4) is 0 Å². The van der Waals surface area contributed by atoms with Crippen molar-refractivity contribution in [2.75, 3.05) is 16.2 Å². The SMILES string of the molecule is O=C(O)c1cc(NS(=O)(=O)c2ccc(N3CC(C(=O)O)CC3=O)cc2)cnc1Cl. The van der Waals surface area contributed by atoms with E-state index in [0.717, 1.165) is 12.3 Å². The number of benzene rings is 1. The molecule has 0 bridgehead atoms. The molecule has 1 aliphatic rings. The van der Waals surface area contributed by atoms with Crippen LogP contribution < -0.4 is 9.62 Å². The van der Waals surface area contributed by atoms with E-state index >= 15 is 0 Å². The molecule has 0 radical (unpaired) electrons. The number of carbonyl (C=O) groups excluding carboxylic acids is 1. The van der Waals surface area contributed by atoms with Crippen LogP contribution in [0.1, 0.15) is 16.8 Å². The summed E-state index contributed by atoms with van der Waals surface area (Å²) in [5.74, 6) is -3.60. The second-order valence-corrected chi connectivity index (χ2v) is 8.25. The molecule has 3 N–H and O–H groups in total. The molecule has 1 atom stereocenters. The first-order valence-corrected chi connectivity index (χ1v) is 9.99. The highest BCUT2D eigenvalue weighted by Crippen LogP contribution is 2.27. The van der Waals surface area contributed by atoms with Gasteiger partial charge in [-0.15, -0.1) is 0 Å². The minimum Gasteiger partial charge on any atom is -0.481 e. The third-order valence-corrected chi connectivity index (χ3v) is 5.95. The van der Waals surface area contributed by atoms with Gasteiger partial charge in [-0.2, -0.15) is 0 Å². The average Bonchev–Trinajstić information content (AvgIpc) is 3.05. The van der Waals surface area contributed by atoms with E-state index in [1.165, 1.54) is 29.2 Å². The highest BCUT2D eigenvalue weighted by Gasteiger charge is 2.35.